The number of anilines is 1. The summed E-state index contributed by atoms with van der Waals surface area (Å²) in [5.41, 5.74) is 3.58. The van der Waals surface area contributed by atoms with E-state index in [1.807, 2.05) is 0 Å². The second-order valence-electron chi connectivity index (χ2n) is 5.45. The number of carboxylic acid groups (broad SMARTS) is 1. The Hall–Kier alpha value is -2.12. The van der Waals surface area contributed by atoms with Gasteiger partial charge >= 0.3 is 5.97 Å². The fourth-order valence-corrected chi connectivity index (χ4v) is 2.54. The monoisotopic (exact) mass is 341 g/mol. The van der Waals surface area contributed by atoms with E-state index in [9.17, 15) is 14.0 Å². The van der Waals surface area contributed by atoms with Crippen molar-refractivity contribution in [2.24, 2.45) is 0 Å². The highest BCUT2D eigenvalue weighted by molar-refractivity contribution is 5.93. The van der Waals surface area contributed by atoms with Crippen LogP contribution in [0.15, 0.2) is 23.1 Å². The van der Waals surface area contributed by atoms with Crippen LogP contribution in [0.3, 0.4) is 0 Å². The first-order chi connectivity index (χ1) is 10.5. The first-order valence-electron chi connectivity index (χ1n) is 7.17. The zero-order valence-electron chi connectivity index (χ0n) is 12.3. The summed E-state index contributed by atoms with van der Waals surface area (Å²) in [6, 6.07) is 2.87. The number of fused-ring (bicyclic) bond motifs is 1. The molecule has 6 nitrogen and oxygen atoms in total. The minimum Gasteiger partial charge on any atom is -1.00 e. The van der Waals surface area contributed by atoms with Gasteiger partial charge in [-0.05, 0) is 25.0 Å². The molecule has 0 bridgehead atoms. The highest BCUT2D eigenvalue weighted by atomic mass is 35.5. The van der Waals surface area contributed by atoms with Crippen LogP contribution in [-0.4, -0.2) is 28.7 Å². The molecule has 2 aromatic rings. The number of pyridine rings is 1. The average Bonchev–Trinajstić information content (AvgIpc) is 3.30. The maximum Gasteiger partial charge on any atom is 0.341 e. The topological polar surface area (TPSA) is 99.0 Å². The molecule has 0 saturated heterocycles. The molecular weight excluding hydrogens is 325 g/mol. The van der Waals surface area contributed by atoms with Gasteiger partial charge in [0.2, 0.25) is 5.43 Å². The molecule has 8 heteroatoms. The number of halogens is 2. The predicted molar refractivity (Wildman–Crippen MR) is 79.6 cm³/mol. The number of rotatable bonds is 5. The summed E-state index contributed by atoms with van der Waals surface area (Å²) in [7, 11) is 0. The summed E-state index contributed by atoms with van der Waals surface area (Å²) in [5.74, 6) is -1.86. The molecular formula is C15H17ClFN3O3. The summed E-state index contributed by atoms with van der Waals surface area (Å²) in [4.78, 5) is 23.5. The van der Waals surface area contributed by atoms with Crippen molar-refractivity contribution in [2.75, 3.05) is 18.4 Å². The minimum absolute atomic E-state index is 0. The highest BCUT2D eigenvalue weighted by Crippen LogP contribution is 2.37. The molecule has 0 radical (unpaired) electrons. The van der Waals surface area contributed by atoms with Crippen LogP contribution in [-0.2, 0) is 0 Å². The maximum atomic E-state index is 14.1. The van der Waals surface area contributed by atoms with E-state index in [1.165, 1.54) is 6.20 Å². The SMILES string of the molecule is [Cl-].[NH3+]CCNc1cc2c(cc1F)c(=O)c(C(=O)O)cn2C1CC1. The molecule has 3 rings (SSSR count). The molecule has 124 valence electrons. The predicted octanol–water partition coefficient (Wildman–Crippen LogP) is -2.17. The molecule has 0 spiro atoms. The van der Waals surface area contributed by atoms with Crippen LogP contribution in [0.2, 0.25) is 0 Å². The quantitative estimate of drug-likeness (QED) is 0.576. The fraction of sp³-hybridized carbons (Fsp3) is 0.333. The molecule has 0 amide bonds. The Morgan fingerprint density at radius 2 is 2.13 bits per heavy atom. The number of aromatic carboxylic acids is 1. The Kier molecular flexibility index (Phi) is 4.91. The Balaban J connectivity index is 0.00000192. The van der Waals surface area contributed by atoms with E-state index >= 15 is 0 Å². The van der Waals surface area contributed by atoms with Gasteiger partial charge in [-0.2, -0.15) is 0 Å². The lowest BCUT2D eigenvalue weighted by Crippen LogP contribution is -3.00. The van der Waals surface area contributed by atoms with Gasteiger partial charge in [-0.3, -0.25) is 4.79 Å². The van der Waals surface area contributed by atoms with Crippen molar-refractivity contribution >= 4 is 22.6 Å². The van der Waals surface area contributed by atoms with Crippen LogP contribution >= 0.6 is 0 Å². The maximum absolute atomic E-state index is 14.1. The molecule has 1 aromatic heterocycles. The Morgan fingerprint density at radius 1 is 1.43 bits per heavy atom. The number of nitrogens with zero attached hydrogens (tertiary/aromatic N) is 1. The fourth-order valence-electron chi connectivity index (χ4n) is 2.54. The molecule has 0 atom stereocenters. The van der Waals surface area contributed by atoms with E-state index in [0.717, 1.165) is 18.9 Å². The summed E-state index contributed by atoms with van der Waals surface area (Å²) >= 11 is 0. The van der Waals surface area contributed by atoms with Gasteiger partial charge in [0.05, 0.1) is 24.3 Å². The normalized spacial score (nSPS) is 13.7. The second-order valence-corrected chi connectivity index (χ2v) is 5.45. The van der Waals surface area contributed by atoms with Crippen LogP contribution in [0.4, 0.5) is 10.1 Å². The van der Waals surface area contributed by atoms with E-state index in [2.05, 4.69) is 11.1 Å². The van der Waals surface area contributed by atoms with E-state index in [0.29, 0.717) is 24.3 Å². The summed E-state index contributed by atoms with van der Waals surface area (Å²) in [6.45, 7) is 1.12. The number of hydrogen-bond donors (Lipinski definition) is 3. The van der Waals surface area contributed by atoms with E-state index in [-0.39, 0.29) is 29.4 Å². The number of quaternary nitrogens is 1. The zero-order valence-corrected chi connectivity index (χ0v) is 13.1. The lowest BCUT2D eigenvalue weighted by Gasteiger charge is -2.14. The molecule has 1 aliphatic carbocycles. The molecule has 1 fully saturated rings. The first kappa shape index (κ1) is 17.2. The smallest absolute Gasteiger partial charge is 0.341 e. The number of carbonyl (C=O) groups is 1. The molecule has 1 heterocycles. The molecule has 1 saturated carbocycles. The average molecular weight is 342 g/mol. The third kappa shape index (κ3) is 3.16. The third-order valence-corrected chi connectivity index (χ3v) is 3.78. The minimum atomic E-state index is -1.29. The second kappa shape index (κ2) is 6.55. The van der Waals surface area contributed by atoms with Gasteiger partial charge in [0, 0.05) is 17.6 Å². The van der Waals surface area contributed by atoms with Crippen LogP contribution in [0.5, 0.6) is 0 Å². The van der Waals surface area contributed by atoms with Crippen LogP contribution in [0.25, 0.3) is 10.9 Å². The summed E-state index contributed by atoms with van der Waals surface area (Å²) < 4.78 is 15.9. The summed E-state index contributed by atoms with van der Waals surface area (Å²) in [5, 5.41) is 12.2. The van der Waals surface area contributed by atoms with Crippen LogP contribution in [0.1, 0.15) is 29.2 Å². The standard InChI is InChI=1S/C15H16FN3O3.ClH/c16-11-5-9-13(6-12(11)18-4-3-17)19(8-1-2-8)7-10(14(9)20)15(21)22;/h5-8,18H,1-4,17H2,(H,21,22);1H. The van der Waals surface area contributed by atoms with Gasteiger partial charge in [0.25, 0.3) is 0 Å². The van der Waals surface area contributed by atoms with Crippen molar-refractivity contribution in [1.82, 2.24) is 4.57 Å². The van der Waals surface area contributed by atoms with Crippen LogP contribution < -0.4 is 28.9 Å². The Bertz CT molecular complexity index is 818. The van der Waals surface area contributed by atoms with E-state index in [1.54, 1.807) is 10.6 Å². The van der Waals surface area contributed by atoms with Gasteiger partial charge in [0.15, 0.2) is 0 Å². The Morgan fingerprint density at radius 3 is 2.70 bits per heavy atom. The van der Waals surface area contributed by atoms with Crippen molar-refractivity contribution in [1.29, 1.82) is 0 Å². The number of aromatic nitrogens is 1. The molecule has 0 unspecified atom stereocenters. The number of hydrogen-bond acceptors (Lipinski definition) is 3. The van der Waals surface area contributed by atoms with Gasteiger partial charge in [-0.25, -0.2) is 9.18 Å². The number of carboxylic acids is 1. The molecule has 0 aliphatic heterocycles. The third-order valence-electron chi connectivity index (χ3n) is 3.78. The van der Waals surface area contributed by atoms with Gasteiger partial charge in [-0.1, -0.05) is 0 Å². The summed E-state index contributed by atoms with van der Waals surface area (Å²) in [6.07, 6.45) is 3.22. The molecule has 5 N–H and O–H groups in total. The van der Waals surface area contributed by atoms with Gasteiger partial charge < -0.3 is 33.1 Å². The van der Waals surface area contributed by atoms with Crippen molar-refractivity contribution in [3.05, 3.63) is 39.9 Å². The van der Waals surface area contributed by atoms with Crippen LogP contribution in [0, 0.1) is 5.82 Å². The zero-order chi connectivity index (χ0) is 15.9. The molecule has 23 heavy (non-hydrogen) atoms. The van der Waals surface area contributed by atoms with Crippen molar-refractivity contribution in [3.63, 3.8) is 0 Å². The first-order valence-corrected chi connectivity index (χ1v) is 7.17. The van der Waals surface area contributed by atoms with Crippen molar-refractivity contribution in [2.45, 2.75) is 18.9 Å². The van der Waals surface area contributed by atoms with E-state index in [4.69, 9.17) is 5.11 Å². The van der Waals surface area contributed by atoms with E-state index < -0.39 is 17.2 Å². The number of benzene rings is 1. The van der Waals surface area contributed by atoms with Crippen molar-refractivity contribution in [3.8, 4) is 0 Å². The Labute approximate surface area is 137 Å². The molecule has 1 aromatic carbocycles. The largest absolute Gasteiger partial charge is 1.00 e. The van der Waals surface area contributed by atoms with Gasteiger partial charge in [0.1, 0.15) is 11.4 Å². The lowest BCUT2D eigenvalue weighted by atomic mass is 10.1. The highest BCUT2D eigenvalue weighted by Gasteiger charge is 2.27. The number of nitrogens with one attached hydrogen (secondary N) is 1. The van der Waals surface area contributed by atoms with Gasteiger partial charge in [-0.15, -0.1) is 0 Å². The lowest BCUT2D eigenvalue weighted by molar-refractivity contribution is -0.362. The molecule has 1 aliphatic rings. The van der Waals surface area contributed by atoms with Crippen molar-refractivity contribution < 1.29 is 32.4 Å².